The Hall–Kier alpha value is -1.25. The lowest BCUT2D eigenvalue weighted by Crippen LogP contribution is -2.15. The van der Waals surface area contributed by atoms with Crippen LogP contribution < -0.4 is 10.6 Å². The molecule has 0 fully saturated rings. The van der Waals surface area contributed by atoms with E-state index >= 15 is 0 Å². The van der Waals surface area contributed by atoms with Crippen LogP contribution in [0.2, 0.25) is 0 Å². The standard InChI is InChI=1S/C10H13FN2/c1-7-5-6-12-9-4-2-3-8(11)10(9)13-7/h2-4,7,12-13H,5-6H2,1H3. The van der Waals surface area contributed by atoms with Crippen LogP contribution in [0, 0.1) is 5.82 Å². The van der Waals surface area contributed by atoms with Gasteiger partial charge in [-0.3, -0.25) is 0 Å². The first kappa shape index (κ1) is 8.35. The SMILES string of the molecule is CC1CCNc2cccc(F)c2N1. The summed E-state index contributed by atoms with van der Waals surface area (Å²) in [6.45, 7) is 2.95. The molecule has 3 heteroatoms. The number of fused-ring (bicyclic) bond motifs is 1. The van der Waals surface area contributed by atoms with Gasteiger partial charge in [0.05, 0.1) is 11.4 Å². The molecule has 1 aliphatic rings. The van der Waals surface area contributed by atoms with Crippen molar-refractivity contribution in [3.05, 3.63) is 24.0 Å². The first-order valence-corrected chi connectivity index (χ1v) is 4.56. The zero-order valence-electron chi connectivity index (χ0n) is 7.60. The van der Waals surface area contributed by atoms with E-state index in [0.717, 1.165) is 18.7 Å². The van der Waals surface area contributed by atoms with E-state index in [-0.39, 0.29) is 5.82 Å². The number of benzene rings is 1. The molecule has 1 atom stereocenters. The summed E-state index contributed by atoms with van der Waals surface area (Å²) in [5, 5.41) is 6.35. The third kappa shape index (κ3) is 1.59. The number of para-hydroxylation sites is 1. The van der Waals surface area contributed by atoms with Gasteiger partial charge in [-0.15, -0.1) is 0 Å². The normalized spacial score (nSPS) is 20.9. The van der Waals surface area contributed by atoms with Gasteiger partial charge in [0.1, 0.15) is 5.82 Å². The third-order valence-electron chi connectivity index (χ3n) is 2.30. The molecule has 1 aromatic carbocycles. The van der Waals surface area contributed by atoms with E-state index in [4.69, 9.17) is 0 Å². The summed E-state index contributed by atoms with van der Waals surface area (Å²) in [6, 6.07) is 5.42. The van der Waals surface area contributed by atoms with Crippen LogP contribution in [0.4, 0.5) is 15.8 Å². The Morgan fingerprint density at radius 2 is 2.31 bits per heavy atom. The molecule has 1 aliphatic heterocycles. The second kappa shape index (κ2) is 3.24. The van der Waals surface area contributed by atoms with E-state index in [1.807, 2.05) is 6.07 Å². The molecule has 2 rings (SSSR count). The molecule has 1 unspecified atom stereocenters. The van der Waals surface area contributed by atoms with Crippen LogP contribution >= 0.6 is 0 Å². The smallest absolute Gasteiger partial charge is 0.148 e. The average Bonchev–Trinajstić information content (AvgIpc) is 2.28. The molecule has 0 saturated carbocycles. The van der Waals surface area contributed by atoms with Gasteiger partial charge >= 0.3 is 0 Å². The van der Waals surface area contributed by atoms with Crippen molar-refractivity contribution in [2.45, 2.75) is 19.4 Å². The first-order chi connectivity index (χ1) is 6.27. The van der Waals surface area contributed by atoms with Crippen molar-refractivity contribution >= 4 is 11.4 Å². The van der Waals surface area contributed by atoms with E-state index in [1.165, 1.54) is 6.07 Å². The molecule has 2 N–H and O–H groups in total. The van der Waals surface area contributed by atoms with Crippen molar-refractivity contribution < 1.29 is 4.39 Å². The van der Waals surface area contributed by atoms with Crippen LogP contribution in [0.25, 0.3) is 0 Å². The molecule has 1 heterocycles. The summed E-state index contributed by atoms with van der Waals surface area (Å²) < 4.78 is 13.3. The van der Waals surface area contributed by atoms with Gasteiger partial charge in [0, 0.05) is 12.6 Å². The largest absolute Gasteiger partial charge is 0.383 e. The van der Waals surface area contributed by atoms with E-state index in [0.29, 0.717) is 11.7 Å². The number of hydrogen-bond donors (Lipinski definition) is 2. The summed E-state index contributed by atoms with van der Waals surface area (Å²) >= 11 is 0. The van der Waals surface area contributed by atoms with Crippen molar-refractivity contribution in [2.75, 3.05) is 17.2 Å². The van der Waals surface area contributed by atoms with Gasteiger partial charge in [0.15, 0.2) is 0 Å². The fraction of sp³-hybridized carbons (Fsp3) is 0.400. The van der Waals surface area contributed by atoms with Crippen LogP contribution in [0.3, 0.4) is 0 Å². The number of anilines is 2. The minimum Gasteiger partial charge on any atom is -0.383 e. The van der Waals surface area contributed by atoms with E-state index in [2.05, 4.69) is 17.6 Å². The average molecular weight is 180 g/mol. The number of rotatable bonds is 0. The van der Waals surface area contributed by atoms with Crippen molar-refractivity contribution in [1.29, 1.82) is 0 Å². The number of nitrogens with one attached hydrogen (secondary N) is 2. The second-order valence-corrected chi connectivity index (χ2v) is 3.42. The highest BCUT2D eigenvalue weighted by atomic mass is 19.1. The molecule has 0 bridgehead atoms. The van der Waals surface area contributed by atoms with Crippen molar-refractivity contribution in [3.63, 3.8) is 0 Å². The highest BCUT2D eigenvalue weighted by Gasteiger charge is 2.14. The lowest BCUT2D eigenvalue weighted by molar-refractivity contribution is 0.627. The van der Waals surface area contributed by atoms with Crippen molar-refractivity contribution in [1.82, 2.24) is 0 Å². The van der Waals surface area contributed by atoms with Gasteiger partial charge in [-0.2, -0.15) is 0 Å². The Bertz CT molecular complexity index is 312. The predicted molar refractivity (Wildman–Crippen MR) is 52.6 cm³/mol. The van der Waals surface area contributed by atoms with Crippen LogP contribution in [-0.2, 0) is 0 Å². The van der Waals surface area contributed by atoms with E-state index < -0.39 is 0 Å². The molecule has 0 aromatic heterocycles. The number of halogens is 1. The Morgan fingerprint density at radius 3 is 3.15 bits per heavy atom. The summed E-state index contributed by atoms with van der Waals surface area (Å²) in [6.07, 6.45) is 1.01. The molecular weight excluding hydrogens is 167 g/mol. The highest BCUT2D eigenvalue weighted by Crippen LogP contribution is 2.27. The van der Waals surface area contributed by atoms with Crippen molar-refractivity contribution in [2.24, 2.45) is 0 Å². The Balaban J connectivity index is 2.40. The molecule has 13 heavy (non-hydrogen) atoms. The summed E-state index contributed by atoms with van der Waals surface area (Å²) in [5.41, 5.74) is 1.47. The maximum absolute atomic E-state index is 13.3. The Kier molecular flexibility index (Phi) is 2.08. The van der Waals surface area contributed by atoms with Crippen LogP contribution in [0.1, 0.15) is 13.3 Å². The van der Waals surface area contributed by atoms with Gasteiger partial charge < -0.3 is 10.6 Å². The minimum absolute atomic E-state index is 0.182. The predicted octanol–water partition coefficient (Wildman–Crippen LogP) is 2.44. The van der Waals surface area contributed by atoms with Gasteiger partial charge in [-0.25, -0.2) is 4.39 Å². The van der Waals surface area contributed by atoms with Crippen LogP contribution in [-0.4, -0.2) is 12.6 Å². The van der Waals surface area contributed by atoms with E-state index in [9.17, 15) is 4.39 Å². The fourth-order valence-electron chi connectivity index (χ4n) is 1.56. The topological polar surface area (TPSA) is 24.1 Å². The molecule has 0 spiro atoms. The first-order valence-electron chi connectivity index (χ1n) is 4.56. The van der Waals surface area contributed by atoms with Gasteiger partial charge in [-0.05, 0) is 25.5 Å². The molecule has 0 saturated heterocycles. The van der Waals surface area contributed by atoms with Crippen molar-refractivity contribution in [3.8, 4) is 0 Å². The monoisotopic (exact) mass is 180 g/mol. The zero-order valence-corrected chi connectivity index (χ0v) is 7.60. The molecule has 0 amide bonds. The molecule has 0 radical (unpaired) electrons. The van der Waals surface area contributed by atoms with Crippen LogP contribution in [0.5, 0.6) is 0 Å². The highest BCUT2D eigenvalue weighted by molar-refractivity contribution is 5.70. The number of hydrogen-bond acceptors (Lipinski definition) is 2. The molecule has 0 aliphatic carbocycles. The second-order valence-electron chi connectivity index (χ2n) is 3.42. The molecular formula is C10H13FN2. The summed E-state index contributed by atoms with van der Waals surface area (Å²) in [4.78, 5) is 0. The van der Waals surface area contributed by atoms with Crippen LogP contribution in [0.15, 0.2) is 18.2 Å². The lowest BCUT2D eigenvalue weighted by atomic mass is 10.2. The maximum atomic E-state index is 13.3. The molecule has 70 valence electrons. The van der Waals surface area contributed by atoms with Gasteiger partial charge in [0.25, 0.3) is 0 Å². The van der Waals surface area contributed by atoms with Gasteiger partial charge in [0.2, 0.25) is 0 Å². The summed E-state index contributed by atoms with van der Waals surface area (Å²) in [5.74, 6) is -0.182. The minimum atomic E-state index is -0.182. The Labute approximate surface area is 77.2 Å². The lowest BCUT2D eigenvalue weighted by Gasteiger charge is -2.12. The zero-order chi connectivity index (χ0) is 9.26. The molecule has 2 nitrogen and oxygen atoms in total. The summed E-state index contributed by atoms with van der Waals surface area (Å²) in [7, 11) is 0. The quantitative estimate of drug-likeness (QED) is 0.640. The van der Waals surface area contributed by atoms with Gasteiger partial charge in [-0.1, -0.05) is 6.07 Å². The Morgan fingerprint density at radius 1 is 1.46 bits per heavy atom. The molecule has 1 aromatic rings. The third-order valence-corrected chi connectivity index (χ3v) is 2.30. The maximum Gasteiger partial charge on any atom is 0.148 e. The fourth-order valence-corrected chi connectivity index (χ4v) is 1.56. The van der Waals surface area contributed by atoms with E-state index in [1.54, 1.807) is 6.07 Å².